The molecular weight excluding hydrogens is 670 g/mol. The highest BCUT2D eigenvalue weighted by Crippen LogP contribution is 2.33. The predicted octanol–water partition coefficient (Wildman–Crippen LogP) is 9.18. The van der Waals surface area contributed by atoms with E-state index < -0.39 is 0 Å². The number of oxazole rings is 2. The first-order chi connectivity index (χ1) is 25.9. The Morgan fingerprint density at radius 2 is 0.792 bits per heavy atom. The minimum atomic E-state index is 0.474. The van der Waals surface area contributed by atoms with Crippen LogP contribution in [0.4, 0.5) is 0 Å². The Morgan fingerprint density at radius 3 is 1.15 bits per heavy atom. The number of rotatable bonds is 12. The molecule has 4 aromatic carbocycles. The van der Waals surface area contributed by atoms with Gasteiger partial charge in [-0.3, -0.25) is 0 Å². The minimum Gasteiger partial charge on any atom is -0.496 e. The molecule has 0 aliphatic rings. The molecular formula is C42H35N5O6. The lowest BCUT2D eigenvalue weighted by atomic mass is 10.1. The van der Waals surface area contributed by atoms with Gasteiger partial charge in [-0.15, -0.1) is 0 Å². The molecule has 11 nitrogen and oxygen atoms in total. The Labute approximate surface area is 305 Å². The molecule has 0 unspecified atom stereocenters. The van der Waals surface area contributed by atoms with E-state index in [1.807, 2.05) is 104 Å². The zero-order chi connectivity index (χ0) is 36.7. The van der Waals surface area contributed by atoms with Crippen molar-refractivity contribution < 1.29 is 27.8 Å². The quantitative estimate of drug-likeness (QED) is 0.121. The zero-order valence-corrected chi connectivity index (χ0v) is 29.7. The normalized spacial score (nSPS) is 11.9. The second kappa shape index (κ2) is 15.5. The summed E-state index contributed by atoms with van der Waals surface area (Å²) in [6.07, 6.45) is 14.7. The first-order valence-corrected chi connectivity index (χ1v) is 16.6. The minimum absolute atomic E-state index is 0.474. The van der Waals surface area contributed by atoms with E-state index in [0.29, 0.717) is 52.3 Å². The van der Waals surface area contributed by atoms with E-state index in [4.69, 9.17) is 27.8 Å². The Balaban J connectivity index is 1.11. The van der Waals surface area contributed by atoms with Crippen LogP contribution in [0.1, 0.15) is 51.5 Å². The molecule has 11 heteroatoms. The van der Waals surface area contributed by atoms with Gasteiger partial charge < -0.3 is 27.8 Å². The first kappa shape index (κ1) is 34.4. The number of nitrogens with zero attached hydrogens (tertiary/aromatic N) is 5. The molecule has 7 aromatic rings. The van der Waals surface area contributed by atoms with Gasteiger partial charge in [0, 0.05) is 34.4 Å². The van der Waals surface area contributed by atoms with Crippen LogP contribution < -0.4 is 18.9 Å². The molecule has 0 saturated carbocycles. The SMILES string of the molecule is COc1cc(/C=C/c2nc3ccccc3o2)c(OC)cc1/C=C/c1nc(C)nc(/C=C/c2cc(OC)c(/C=C/c3nc4ccccc4o3)cc2OC)n1. The summed E-state index contributed by atoms with van der Waals surface area (Å²) in [5, 5.41) is 0. The topological polar surface area (TPSA) is 128 Å². The zero-order valence-electron chi connectivity index (χ0n) is 29.7. The second-order valence-corrected chi connectivity index (χ2v) is 11.6. The number of aryl methyl sites for hydroxylation is 1. The number of para-hydroxylation sites is 4. The number of hydrogen-bond donors (Lipinski definition) is 0. The van der Waals surface area contributed by atoms with Gasteiger partial charge in [-0.2, -0.15) is 0 Å². The van der Waals surface area contributed by atoms with Crippen LogP contribution in [-0.4, -0.2) is 53.4 Å². The largest absolute Gasteiger partial charge is 0.496 e. The third kappa shape index (κ3) is 7.84. The third-order valence-corrected chi connectivity index (χ3v) is 8.20. The average molecular weight is 706 g/mol. The fourth-order valence-electron chi connectivity index (χ4n) is 5.66. The van der Waals surface area contributed by atoms with Crippen molar-refractivity contribution in [1.29, 1.82) is 0 Å². The molecule has 0 bridgehead atoms. The van der Waals surface area contributed by atoms with Crippen molar-refractivity contribution in [3.63, 3.8) is 0 Å². The van der Waals surface area contributed by atoms with Gasteiger partial charge in [0.2, 0.25) is 11.8 Å². The van der Waals surface area contributed by atoms with Gasteiger partial charge in [-0.25, -0.2) is 24.9 Å². The molecule has 0 atom stereocenters. The molecule has 0 saturated heterocycles. The van der Waals surface area contributed by atoms with Crippen LogP contribution in [0.2, 0.25) is 0 Å². The highest BCUT2D eigenvalue weighted by molar-refractivity contribution is 5.81. The molecule has 0 fully saturated rings. The van der Waals surface area contributed by atoms with Crippen molar-refractivity contribution in [1.82, 2.24) is 24.9 Å². The van der Waals surface area contributed by atoms with E-state index in [0.717, 1.165) is 44.5 Å². The number of ether oxygens (including phenoxy) is 4. The summed E-state index contributed by atoms with van der Waals surface area (Å²) in [7, 11) is 6.48. The van der Waals surface area contributed by atoms with E-state index in [9.17, 15) is 0 Å². The van der Waals surface area contributed by atoms with Crippen molar-refractivity contribution in [2.75, 3.05) is 28.4 Å². The van der Waals surface area contributed by atoms with Crippen LogP contribution in [0.5, 0.6) is 23.0 Å². The van der Waals surface area contributed by atoms with Crippen LogP contribution in [-0.2, 0) is 0 Å². The fraction of sp³-hybridized carbons (Fsp3) is 0.119. The van der Waals surface area contributed by atoms with Crippen molar-refractivity contribution in [2.45, 2.75) is 6.92 Å². The maximum Gasteiger partial charge on any atom is 0.220 e. The molecule has 0 spiro atoms. The van der Waals surface area contributed by atoms with Crippen molar-refractivity contribution in [2.24, 2.45) is 0 Å². The second-order valence-electron chi connectivity index (χ2n) is 11.6. The van der Waals surface area contributed by atoms with Gasteiger partial charge in [-0.05, 0) is 91.9 Å². The number of fused-ring (bicyclic) bond motifs is 2. The lowest BCUT2D eigenvalue weighted by Crippen LogP contribution is -1.99. The number of benzene rings is 4. The van der Waals surface area contributed by atoms with Gasteiger partial charge >= 0.3 is 0 Å². The highest BCUT2D eigenvalue weighted by atomic mass is 16.5. The van der Waals surface area contributed by atoms with Gasteiger partial charge in [0.25, 0.3) is 0 Å². The molecule has 0 amide bonds. The Morgan fingerprint density at radius 1 is 0.434 bits per heavy atom. The molecule has 3 heterocycles. The fourth-order valence-corrected chi connectivity index (χ4v) is 5.66. The van der Waals surface area contributed by atoms with E-state index >= 15 is 0 Å². The number of methoxy groups -OCH3 is 4. The maximum absolute atomic E-state index is 5.83. The van der Waals surface area contributed by atoms with Gasteiger partial charge in [0.15, 0.2) is 22.8 Å². The standard InChI is InChI=1S/C42H35N5O6/c1-26-43-39(18-14-27-22-37(50-4)29(24-35(27)48-2)16-20-41-45-31-10-6-8-12-33(31)52-41)47-40(44-26)19-15-28-23-38(51-5)30(25-36(28)49-3)17-21-42-46-32-11-7-9-13-34(32)53-42/h6-25H,1-5H3/b18-14+,19-15+,20-16+,21-17+. The molecule has 0 aliphatic heterocycles. The van der Waals surface area contributed by atoms with E-state index in [-0.39, 0.29) is 0 Å². The van der Waals surface area contributed by atoms with E-state index in [1.165, 1.54) is 0 Å². The van der Waals surface area contributed by atoms with Gasteiger partial charge in [0.05, 0.1) is 28.4 Å². The summed E-state index contributed by atoms with van der Waals surface area (Å²) in [4.78, 5) is 22.7. The average Bonchev–Trinajstić information content (AvgIpc) is 3.81. The van der Waals surface area contributed by atoms with Crippen LogP contribution >= 0.6 is 0 Å². The van der Waals surface area contributed by atoms with Crippen LogP contribution in [0, 0.1) is 6.92 Å². The Bertz CT molecular complexity index is 2310. The van der Waals surface area contributed by atoms with E-state index in [2.05, 4.69) is 24.9 Å². The predicted molar refractivity (Wildman–Crippen MR) is 207 cm³/mol. The van der Waals surface area contributed by atoms with Crippen molar-refractivity contribution in [3.8, 4) is 23.0 Å². The number of aromatic nitrogens is 5. The molecule has 0 N–H and O–H groups in total. The summed E-state index contributed by atoms with van der Waals surface area (Å²) < 4.78 is 34.5. The molecule has 53 heavy (non-hydrogen) atoms. The van der Waals surface area contributed by atoms with Crippen molar-refractivity contribution >= 4 is 70.8 Å². The van der Waals surface area contributed by atoms with Crippen LogP contribution in [0.15, 0.2) is 81.6 Å². The summed E-state index contributed by atoms with van der Waals surface area (Å²) in [6.45, 7) is 1.82. The summed E-state index contributed by atoms with van der Waals surface area (Å²) in [5.74, 6) is 5.06. The molecule has 7 rings (SSSR count). The number of hydrogen-bond acceptors (Lipinski definition) is 11. The maximum atomic E-state index is 5.83. The Hall–Kier alpha value is -7.01. The van der Waals surface area contributed by atoms with Crippen LogP contribution in [0.3, 0.4) is 0 Å². The first-order valence-electron chi connectivity index (χ1n) is 16.6. The smallest absolute Gasteiger partial charge is 0.220 e. The molecule has 0 aliphatic carbocycles. The lowest BCUT2D eigenvalue weighted by Gasteiger charge is -2.11. The van der Waals surface area contributed by atoms with E-state index in [1.54, 1.807) is 52.7 Å². The summed E-state index contributed by atoms with van der Waals surface area (Å²) >= 11 is 0. The molecule has 264 valence electrons. The monoisotopic (exact) mass is 705 g/mol. The third-order valence-electron chi connectivity index (χ3n) is 8.20. The molecule has 3 aromatic heterocycles. The molecule has 0 radical (unpaired) electrons. The lowest BCUT2D eigenvalue weighted by molar-refractivity contribution is 0.401. The van der Waals surface area contributed by atoms with Crippen LogP contribution in [0.25, 0.3) is 70.8 Å². The summed E-state index contributed by atoms with van der Waals surface area (Å²) in [5.41, 5.74) is 6.18. The van der Waals surface area contributed by atoms with Gasteiger partial charge in [0.1, 0.15) is 39.9 Å². The Kier molecular flexibility index (Phi) is 10.1. The summed E-state index contributed by atoms with van der Waals surface area (Å²) in [6, 6.07) is 22.8. The van der Waals surface area contributed by atoms with Crippen molar-refractivity contribution in [3.05, 3.63) is 124 Å². The highest BCUT2D eigenvalue weighted by Gasteiger charge is 2.12. The van der Waals surface area contributed by atoms with Gasteiger partial charge in [-0.1, -0.05) is 24.3 Å².